The van der Waals surface area contributed by atoms with Gasteiger partial charge in [-0.3, -0.25) is 14.2 Å². The molecule has 1 amide bonds. The zero-order valence-electron chi connectivity index (χ0n) is 18.5. The minimum atomic E-state index is -0.110. The van der Waals surface area contributed by atoms with Crippen LogP contribution in [0.25, 0.3) is 16.6 Å². The summed E-state index contributed by atoms with van der Waals surface area (Å²) >= 11 is 3.45. The molecule has 1 aliphatic rings. The highest BCUT2D eigenvalue weighted by molar-refractivity contribution is 7.10. The molecule has 1 aliphatic heterocycles. The molecule has 2 aromatic carbocycles. The van der Waals surface area contributed by atoms with Crippen LogP contribution in [0.4, 0.5) is 0 Å². The summed E-state index contributed by atoms with van der Waals surface area (Å²) in [4.78, 5) is 35.9. The number of fused-ring (bicyclic) bond motifs is 2. The maximum Gasteiger partial charge on any atom is 0.265 e. The smallest absolute Gasteiger partial charge is 0.265 e. The molecule has 0 N–H and O–H groups in total. The number of carbonyl (C=O) groups is 1. The van der Waals surface area contributed by atoms with Crippen molar-refractivity contribution in [3.63, 3.8) is 0 Å². The standard InChI is InChI=1S/C27H21N3O2S2/c1-17-28-22-6-3-2-5-20(22)27(32)30(17)19-10-8-18(9-11-19)26(31)29-14-12-23-21(13-16-34-23)25(29)24-7-4-15-33-24/h2-11,13,15-16,25H,12,14H2,1H3. The van der Waals surface area contributed by atoms with Crippen molar-refractivity contribution in [2.75, 3.05) is 6.54 Å². The van der Waals surface area contributed by atoms with Crippen LogP contribution in [0.2, 0.25) is 0 Å². The van der Waals surface area contributed by atoms with E-state index in [-0.39, 0.29) is 17.5 Å². The second-order valence-corrected chi connectivity index (χ2v) is 10.3. The fraction of sp³-hybridized carbons (Fsp3) is 0.148. The van der Waals surface area contributed by atoms with Gasteiger partial charge in [0.1, 0.15) is 5.82 Å². The fourth-order valence-electron chi connectivity index (χ4n) is 4.76. The van der Waals surface area contributed by atoms with E-state index in [0.717, 1.165) is 6.42 Å². The van der Waals surface area contributed by atoms with Gasteiger partial charge < -0.3 is 4.90 Å². The Hall–Kier alpha value is -3.55. The second-order valence-electron chi connectivity index (χ2n) is 8.33. The van der Waals surface area contributed by atoms with Gasteiger partial charge in [0.2, 0.25) is 0 Å². The molecule has 0 bridgehead atoms. The summed E-state index contributed by atoms with van der Waals surface area (Å²) in [6, 6.07) is 20.9. The molecule has 0 fully saturated rings. The van der Waals surface area contributed by atoms with Crippen LogP contribution in [0.1, 0.15) is 37.5 Å². The number of aromatic nitrogens is 2. The average Bonchev–Trinajstić information content (AvgIpc) is 3.56. The van der Waals surface area contributed by atoms with Crippen molar-refractivity contribution < 1.29 is 4.79 Å². The minimum Gasteiger partial charge on any atom is -0.326 e. The largest absolute Gasteiger partial charge is 0.326 e. The van der Waals surface area contributed by atoms with Crippen LogP contribution < -0.4 is 5.56 Å². The van der Waals surface area contributed by atoms with Crippen LogP contribution in [-0.2, 0) is 6.42 Å². The van der Waals surface area contributed by atoms with E-state index >= 15 is 0 Å². The highest BCUT2D eigenvalue weighted by Crippen LogP contribution is 2.40. The highest BCUT2D eigenvalue weighted by Gasteiger charge is 2.33. The predicted octanol–water partition coefficient (Wildman–Crippen LogP) is 5.61. The SMILES string of the molecule is Cc1nc2ccccc2c(=O)n1-c1ccc(C(=O)N2CCc3sccc3C2c2cccs2)cc1. The van der Waals surface area contributed by atoms with Gasteiger partial charge >= 0.3 is 0 Å². The highest BCUT2D eigenvalue weighted by atomic mass is 32.1. The van der Waals surface area contributed by atoms with Crippen LogP contribution in [0, 0.1) is 6.92 Å². The molecule has 0 radical (unpaired) electrons. The van der Waals surface area contributed by atoms with Gasteiger partial charge in [0, 0.05) is 21.9 Å². The third-order valence-electron chi connectivity index (χ3n) is 6.36. The monoisotopic (exact) mass is 483 g/mol. The molecule has 0 saturated carbocycles. The van der Waals surface area contributed by atoms with Crippen molar-refractivity contribution in [1.29, 1.82) is 0 Å². The zero-order valence-corrected chi connectivity index (χ0v) is 20.1. The lowest BCUT2D eigenvalue weighted by atomic mass is 9.97. The molecule has 1 atom stereocenters. The first kappa shape index (κ1) is 21.0. The van der Waals surface area contributed by atoms with Crippen LogP contribution >= 0.6 is 22.7 Å². The maximum atomic E-state index is 13.6. The van der Waals surface area contributed by atoms with Crippen molar-refractivity contribution in [3.8, 4) is 5.69 Å². The van der Waals surface area contributed by atoms with Gasteiger partial charge in [0.15, 0.2) is 0 Å². The zero-order chi connectivity index (χ0) is 23.2. The van der Waals surface area contributed by atoms with E-state index in [1.807, 2.05) is 60.4 Å². The molecular formula is C27H21N3O2S2. The first-order valence-electron chi connectivity index (χ1n) is 11.1. The van der Waals surface area contributed by atoms with Crippen LogP contribution in [0.5, 0.6) is 0 Å². The predicted molar refractivity (Wildman–Crippen MR) is 137 cm³/mol. The van der Waals surface area contributed by atoms with Crippen molar-refractivity contribution in [2.45, 2.75) is 19.4 Å². The number of amides is 1. The van der Waals surface area contributed by atoms with Gasteiger partial charge in [-0.25, -0.2) is 4.98 Å². The summed E-state index contributed by atoms with van der Waals surface area (Å²) in [5, 5.41) is 4.75. The number of benzene rings is 2. The van der Waals surface area contributed by atoms with Gasteiger partial charge in [0.05, 0.1) is 22.6 Å². The summed E-state index contributed by atoms with van der Waals surface area (Å²) in [6.45, 7) is 2.51. The van der Waals surface area contributed by atoms with E-state index in [9.17, 15) is 9.59 Å². The Morgan fingerprint density at radius 2 is 1.79 bits per heavy atom. The first-order chi connectivity index (χ1) is 16.6. The second kappa shape index (κ2) is 8.34. The Labute approximate surface area is 204 Å². The van der Waals surface area contributed by atoms with Gasteiger partial charge in [-0.15, -0.1) is 22.7 Å². The van der Waals surface area contributed by atoms with Gasteiger partial charge in [-0.05, 0) is 78.2 Å². The molecule has 0 spiro atoms. The molecule has 1 unspecified atom stereocenters. The molecule has 0 aliphatic carbocycles. The third-order valence-corrected chi connectivity index (χ3v) is 8.28. The van der Waals surface area contributed by atoms with E-state index < -0.39 is 0 Å². The summed E-state index contributed by atoms with van der Waals surface area (Å²) < 4.78 is 1.60. The van der Waals surface area contributed by atoms with Crippen molar-refractivity contribution in [1.82, 2.24) is 14.5 Å². The molecule has 5 nitrogen and oxygen atoms in total. The topological polar surface area (TPSA) is 55.2 Å². The number of carbonyl (C=O) groups excluding carboxylic acids is 1. The third kappa shape index (κ3) is 3.40. The van der Waals surface area contributed by atoms with Crippen molar-refractivity contribution >= 4 is 39.5 Å². The van der Waals surface area contributed by atoms with Gasteiger partial charge in [-0.2, -0.15) is 0 Å². The average molecular weight is 484 g/mol. The molecular weight excluding hydrogens is 462 g/mol. The van der Waals surface area contributed by atoms with E-state index in [1.54, 1.807) is 33.3 Å². The Morgan fingerprint density at radius 1 is 0.971 bits per heavy atom. The number of thiophene rings is 2. The summed E-state index contributed by atoms with van der Waals surface area (Å²) in [6.07, 6.45) is 0.871. The van der Waals surface area contributed by atoms with Crippen molar-refractivity contribution in [3.05, 3.63) is 115 Å². The number of hydrogen-bond acceptors (Lipinski definition) is 5. The lowest BCUT2D eigenvalue weighted by Gasteiger charge is -2.35. The normalized spacial score (nSPS) is 15.4. The lowest BCUT2D eigenvalue weighted by Crippen LogP contribution is -2.39. The molecule has 0 saturated heterocycles. The van der Waals surface area contributed by atoms with Crippen LogP contribution in [0.15, 0.2) is 82.3 Å². The number of nitrogens with zero attached hydrogens (tertiary/aromatic N) is 3. The maximum absolute atomic E-state index is 13.6. The quantitative estimate of drug-likeness (QED) is 0.335. The molecule has 7 heteroatoms. The number of hydrogen-bond donors (Lipinski definition) is 0. The number of aryl methyl sites for hydroxylation is 1. The molecule has 6 rings (SSSR count). The Kier molecular flexibility index (Phi) is 5.16. The van der Waals surface area contributed by atoms with Crippen molar-refractivity contribution in [2.24, 2.45) is 0 Å². The fourth-order valence-corrected chi connectivity index (χ4v) is 6.51. The van der Waals surface area contributed by atoms with Gasteiger partial charge in [0.25, 0.3) is 11.5 Å². The number of rotatable bonds is 3. The molecule has 3 aromatic heterocycles. The summed E-state index contributed by atoms with van der Waals surface area (Å²) in [7, 11) is 0. The summed E-state index contributed by atoms with van der Waals surface area (Å²) in [5.41, 5.74) is 3.12. The Morgan fingerprint density at radius 3 is 2.59 bits per heavy atom. The molecule has 5 aromatic rings. The van der Waals surface area contributed by atoms with E-state index in [0.29, 0.717) is 34.5 Å². The molecule has 34 heavy (non-hydrogen) atoms. The van der Waals surface area contributed by atoms with E-state index in [1.165, 1.54) is 15.3 Å². The molecule has 4 heterocycles. The Bertz CT molecular complexity index is 1570. The van der Waals surface area contributed by atoms with E-state index in [2.05, 4.69) is 27.9 Å². The van der Waals surface area contributed by atoms with E-state index in [4.69, 9.17) is 0 Å². The lowest BCUT2D eigenvalue weighted by molar-refractivity contribution is 0.0699. The minimum absolute atomic E-state index is 0.00232. The van der Waals surface area contributed by atoms with Crippen LogP contribution in [0.3, 0.4) is 0 Å². The first-order valence-corrected chi connectivity index (χ1v) is 12.9. The summed E-state index contributed by atoms with van der Waals surface area (Å²) in [5.74, 6) is 0.615. The molecule has 168 valence electrons. The van der Waals surface area contributed by atoms with Crippen LogP contribution in [-0.4, -0.2) is 26.9 Å². The van der Waals surface area contributed by atoms with Gasteiger partial charge in [-0.1, -0.05) is 18.2 Å². The number of para-hydroxylation sites is 1. The Balaban J connectivity index is 1.36.